The molecule has 1 heterocycles. The molecular weight excluding hydrogens is 400 g/mol. The van der Waals surface area contributed by atoms with E-state index in [4.69, 9.17) is 0 Å². The van der Waals surface area contributed by atoms with Gasteiger partial charge in [0, 0.05) is 19.0 Å². The molecule has 4 rings (SSSR count). The zero-order valence-corrected chi connectivity index (χ0v) is 17.5. The lowest BCUT2D eigenvalue weighted by Crippen LogP contribution is -2.41. The molecule has 156 valence electrons. The zero-order chi connectivity index (χ0) is 21.3. The van der Waals surface area contributed by atoms with Crippen LogP contribution in [0.4, 0.5) is 5.69 Å². The highest BCUT2D eigenvalue weighted by atomic mass is 32.2. The van der Waals surface area contributed by atoms with Gasteiger partial charge in [0.25, 0.3) is 0 Å². The summed E-state index contributed by atoms with van der Waals surface area (Å²) in [5, 5.41) is 14.6. The summed E-state index contributed by atoms with van der Waals surface area (Å²) >= 11 is 0. The molecule has 1 aliphatic rings. The SMILES string of the molecule is Cc1ccc(NC(=O)C2CCN(S(=O)(=O)c3ccc4ccccc4c3)CC2)c(O)c1. The lowest BCUT2D eigenvalue weighted by Gasteiger charge is -2.30. The van der Waals surface area contributed by atoms with Crippen LogP contribution < -0.4 is 5.32 Å². The number of hydrogen-bond donors (Lipinski definition) is 2. The number of phenols is 1. The fourth-order valence-corrected chi connectivity index (χ4v) is 5.32. The lowest BCUT2D eigenvalue weighted by atomic mass is 9.97. The quantitative estimate of drug-likeness (QED) is 0.622. The second kappa shape index (κ2) is 8.08. The van der Waals surface area contributed by atoms with E-state index >= 15 is 0 Å². The minimum atomic E-state index is -3.61. The summed E-state index contributed by atoms with van der Waals surface area (Å²) in [6.07, 6.45) is 0.872. The number of hydrogen-bond acceptors (Lipinski definition) is 4. The number of rotatable bonds is 4. The molecule has 0 saturated carbocycles. The van der Waals surface area contributed by atoms with E-state index in [0.29, 0.717) is 18.5 Å². The van der Waals surface area contributed by atoms with Crippen molar-refractivity contribution in [2.75, 3.05) is 18.4 Å². The fraction of sp³-hybridized carbons (Fsp3) is 0.261. The van der Waals surface area contributed by atoms with Crippen LogP contribution in [0.1, 0.15) is 18.4 Å². The van der Waals surface area contributed by atoms with E-state index in [1.807, 2.05) is 43.3 Å². The third-order valence-corrected chi connectivity index (χ3v) is 7.49. The Balaban J connectivity index is 1.43. The Morgan fingerprint density at radius 3 is 2.40 bits per heavy atom. The van der Waals surface area contributed by atoms with E-state index in [1.165, 1.54) is 4.31 Å². The van der Waals surface area contributed by atoms with Crippen LogP contribution in [0, 0.1) is 12.8 Å². The molecule has 0 aromatic heterocycles. The molecule has 1 aliphatic heterocycles. The molecule has 7 heteroatoms. The number of amides is 1. The molecular formula is C23H24N2O4S. The number of benzene rings is 3. The summed E-state index contributed by atoms with van der Waals surface area (Å²) < 4.78 is 27.6. The van der Waals surface area contributed by atoms with E-state index in [1.54, 1.807) is 24.3 Å². The predicted octanol–water partition coefficient (Wildman–Crippen LogP) is 3.89. The van der Waals surface area contributed by atoms with Gasteiger partial charge in [-0.3, -0.25) is 4.79 Å². The minimum absolute atomic E-state index is 0.0275. The number of nitrogens with one attached hydrogen (secondary N) is 1. The number of carbonyl (C=O) groups is 1. The molecule has 0 atom stereocenters. The van der Waals surface area contributed by atoms with Gasteiger partial charge in [-0.05, 0) is 60.4 Å². The second-order valence-electron chi connectivity index (χ2n) is 7.70. The monoisotopic (exact) mass is 424 g/mol. The number of aryl methyl sites for hydroxylation is 1. The molecule has 3 aromatic rings. The minimum Gasteiger partial charge on any atom is -0.506 e. The van der Waals surface area contributed by atoms with Crippen LogP contribution in [0.25, 0.3) is 10.8 Å². The van der Waals surface area contributed by atoms with E-state index in [9.17, 15) is 18.3 Å². The summed E-state index contributed by atoms with van der Waals surface area (Å²) in [6.45, 7) is 2.43. The van der Waals surface area contributed by atoms with Crippen molar-refractivity contribution in [3.8, 4) is 5.75 Å². The highest BCUT2D eigenvalue weighted by molar-refractivity contribution is 7.89. The van der Waals surface area contributed by atoms with Crippen molar-refractivity contribution in [3.05, 3.63) is 66.2 Å². The average molecular weight is 425 g/mol. The molecule has 1 fully saturated rings. The maximum atomic E-state index is 13.1. The molecule has 0 radical (unpaired) electrons. The maximum Gasteiger partial charge on any atom is 0.243 e. The van der Waals surface area contributed by atoms with Gasteiger partial charge in [0.15, 0.2) is 0 Å². The smallest absolute Gasteiger partial charge is 0.243 e. The molecule has 3 aromatic carbocycles. The Kier molecular flexibility index (Phi) is 5.49. The normalized spacial score (nSPS) is 15.9. The molecule has 6 nitrogen and oxygen atoms in total. The Morgan fingerprint density at radius 1 is 1.00 bits per heavy atom. The number of fused-ring (bicyclic) bond motifs is 1. The van der Waals surface area contributed by atoms with Crippen LogP contribution in [0.15, 0.2) is 65.6 Å². The average Bonchev–Trinajstić information content (AvgIpc) is 2.75. The number of carbonyl (C=O) groups excluding carboxylic acids is 1. The van der Waals surface area contributed by atoms with Crippen LogP contribution >= 0.6 is 0 Å². The van der Waals surface area contributed by atoms with Crippen molar-refractivity contribution in [2.45, 2.75) is 24.7 Å². The van der Waals surface area contributed by atoms with Gasteiger partial charge in [-0.15, -0.1) is 0 Å². The van der Waals surface area contributed by atoms with Crippen molar-refractivity contribution in [1.82, 2.24) is 4.31 Å². The van der Waals surface area contributed by atoms with Crippen LogP contribution in [0.3, 0.4) is 0 Å². The van der Waals surface area contributed by atoms with Gasteiger partial charge < -0.3 is 10.4 Å². The summed E-state index contributed by atoms with van der Waals surface area (Å²) in [5.41, 5.74) is 1.27. The number of piperidine rings is 1. The van der Waals surface area contributed by atoms with Gasteiger partial charge in [-0.2, -0.15) is 4.31 Å². The highest BCUT2D eigenvalue weighted by Crippen LogP contribution is 2.29. The van der Waals surface area contributed by atoms with Crippen molar-refractivity contribution >= 4 is 32.4 Å². The highest BCUT2D eigenvalue weighted by Gasteiger charge is 2.32. The first kappa shape index (κ1) is 20.4. The summed E-state index contributed by atoms with van der Waals surface area (Å²) in [4.78, 5) is 12.9. The predicted molar refractivity (Wildman–Crippen MR) is 117 cm³/mol. The van der Waals surface area contributed by atoms with Gasteiger partial charge in [-0.1, -0.05) is 36.4 Å². The summed E-state index contributed by atoms with van der Waals surface area (Å²) in [7, 11) is -3.61. The second-order valence-corrected chi connectivity index (χ2v) is 9.64. The first-order valence-corrected chi connectivity index (χ1v) is 11.4. The summed E-state index contributed by atoms with van der Waals surface area (Å²) in [6, 6.07) is 17.9. The Morgan fingerprint density at radius 2 is 1.70 bits per heavy atom. The Labute approximate surface area is 176 Å². The van der Waals surface area contributed by atoms with E-state index < -0.39 is 10.0 Å². The van der Waals surface area contributed by atoms with Gasteiger partial charge >= 0.3 is 0 Å². The van der Waals surface area contributed by atoms with Gasteiger partial charge in [0.05, 0.1) is 10.6 Å². The van der Waals surface area contributed by atoms with Gasteiger partial charge in [0.1, 0.15) is 5.75 Å². The number of sulfonamides is 1. The molecule has 30 heavy (non-hydrogen) atoms. The molecule has 0 spiro atoms. The first-order valence-electron chi connectivity index (χ1n) is 9.94. The third-order valence-electron chi connectivity index (χ3n) is 5.59. The van der Waals surface area contributed by atoms with Gasteiger partial charge in [-0.25, -0.2) is 8.42 Å². The lowest BCUT2D eigenvalue weighted by molar-refractivity contribution is -0.120. The van der Waals surface area contributed by atoms with Crippen molar-refractivity contribution in [2.24, 2.45) is 5.92 Å². The number of phenolic OH excluding ortho intramolecular Hbond substituents is 1. The van der Waals surface area contributed by atoms with E-state index in [0.717, 1.165) is 16.3 Å². The first-order chi connectivity index (χ1) is 14.3. The number of nitrogens with zero attached hydrogens (tertiary/aromatic N) is 1. The Bertz CT molecular complexity index is 1200. The molecule has 0 unspecified atom stereocenters. The van der Waals surface area contributed by atoms with Crippen LogP contribution in [-0.2, 0) is 14.8 Å². The van der Waals surface area contributed by atoms with Crippen molar-refractivity contribution in [1.29, 1.82) is 0 Å². The molecule has 0 bridgehead atoms. The van der Waals surface area contributed by atoms with Crippen molar-refractivity contribution in [3.63, 3.8) is 0 Å². The molecule has 0 aliphatic carbocycles. The maximum absolute atomic E-state index is 13.1. The molecule has 2 N–H and O–H groups in total. The number of anilines is 1. The zero-order valence-electron chi connectivity index (χ0n) is 16.7. The van der Waals surface area contributed by atoms with Crippen LogP contribution in [-0.4, -0.2) is 36.8 Å². The van der Waals surface area contributed by atoms with E-state index in [-0.39, 0.29) is 35.6 Å². The largest absolute Gasteiger partial charge is 0.506 e. The summed E-state index contributed by atoms with van der Waals surface area (Å²) in [5.74, 6) is -0.467. The standard InChI is InChI=1S/C23H24N2O4S/c1-16-6-9-21(22(26)14-16)24-23(27)18-10-12-25(13-11-18)30(28,29)20-8-7-17-4-2-3-5-19(17)15-20/h2-9,14-15,18,26H,10-13H2,1H3,(H,24,27). The van der Waals surface area contributed by atoms with Gasteiger partial charge in [0.2, 0.25) is 15.9 Å². The molecule has 1 amide bonds. The fourth-order valence-electron chi connectivity index (χ4n) is 3.82. The topological polar surface area (TPSA) is 86.7 Å². The number of aromatic hydroxyl groups is 1. The third kappa shape index (κ3) is 4.04. The van der Waals surface area contributed by atoms with E-state index in [2.05, 4.69) is 5.32 Å². The van der Waals surface area contributed by atoms with Crippen LogP contribution in [0.2, 0.25) is 0 Å². The van der Waals surface area contributed by atoms with Crippen molar-refractivity contribution < 1.29 is 18.3 Å². The molecule has 1 saturated heterocycles. The Hall–Kier alpha value is -2.90. The van der Waals surface area contributed by atoms with Crippen LogP contribution in [0.5, 0.6) is 5.75 Å².